The molecule has 0 radical (unpaired) electrons. The van der Waals surface area contributed by atoms with Crippen LogP contribution in [0.1, 0.15) is 16.1 Å². The quantitative estimate of drug-likeness (QED) is 0.160. The van der Waals surface area contributed by atoms with Crippen LogP contribution in [0.3, 0.4) is 0 Å². The van der Waals surface area contributed by atoms with Gasteiger partial charge in [-0.25, -0.2) is 13.4 Å². The van der Waals surface area contributed by atoms with Crippen LogP contribution < -0.4 is 14.2 Å². The first-order chi connectivity index (χ1) is 25.8. The molecule has 0 atom stereocenters. The van der Waals surface area contributed by atoms with Crippen molar-refractivity contribution in [3.8, 4) is 28.6 Å². The number of carbonyl (C=O) groups is 1. The van der Waals surface area contributed by atoms with Crippen molar-refractivity contribution in [3.63, 3.8) is 0 Å². The van der Waals surface area contributed by atoms with Gasteiger partial charge in [-0.2, -0.15) is 18.3 Å². The maximum absolute atomic E-state index is 13.6. The van der Waals surface area contributed by atoms with Crippen molar-refractivity contribution < 1.29 is 35.9 Å². The largest absolute Gasteiger partial charge is 0.484 e. The minimum Gasteiger partial charge on any atom is -0.484 e. The molecule has 1 N–H and O–H groups in total. The van der Waals surface area contributed by atoms with Crippen LogP contribution in [-0.2, 0) is 30.7 Å². The highest BCUT2D eigenvalue weighted by Crippen LogP contribution is 2.29. The number of hydrogen-bond acceptors (Lipinski definition) is 8. The number of nitrogens with zero attached hydrogens (tertiary/aromatic N) is 6. The Labute approximate surface area is 309 Å². The van der Waals surface area contributed by atoms with E-state index in [-0.39, 0.29) is 28.1 Å². The molecule has 7 rings (SSSR count). The average Bonchev–Trinajstić information content (AvgIpc) is 3.74. The van der Waals surface area contributed by atoms with E-state index in [9.17, 15) is 26.4 Å². The molecule has 1 fully saturated rings. The zero-order valence-corrected chi connectivity index (χ0v) is 30.1. The molecule has 280 valence electrons. The summed E-state index contributed by atoms with van der Waals surface area (Å²) in [4.78, 5) is 22.0. The van der Waals surface area contributed by atoms with Crippen molar-refractivity contribution in [2.45, 2.75) is 17.6 Å². The fourth-order valence-electron chi connectivity index (χ4n) is 6.17. The summed E-state index contributed by atoms with van der Waals surface area (Å²) in [7, 11) is -0.232. The molecule has 6 aromatic rings. The maximum atomic E-state index is 13.6. The van der Waals surface area contributed by atoms with Crippen LogP contribution in [0.15, 0.2) is 108 Å². The van der Waals surface area contributed by atoms with Gasteiger partial charge >= 0.3 is 6.18 Å². The molecule has 16 heteroatoms. The van der Waals surface area contributed by atoms with E-state index in [4.69, 9.17) is 9.47 Å². The molecule has 1 aliphatic rings. The summed E-state index contributed by atoms with van der Waals surface area (Å²) in [5, 5.41) is 5.20. The molecule has 4 heterocycles. The second-order valence-electron chi connectivity index (χ2n) is 12.9. The Kier molecular flexibility index (Phi) is 10.0. The van der Waals surface area contributed by atoms with E-state index < -0.39 is 22.8 Å². The first kappa shape index (κ1) is 36.5. The lowest BCUT2D eigenvalue weighted by atomic mass is 10.2. The van der Waals surface area contributed by atoms with Gasteiger partial charge in [-0.05, 0) is 60.2 Å². The first-order valence-corrected chi connectivity index (χ1v) is 18.4. The van der Waals surface area contributed by atoms with Crippen LogP contribution in [0.2, 0.25) is 0 Å². The Morgan fingerprint density at radius 3 is 2.24 bits per heavy atom. The number of ether oxygens (including phenoxy) is 2. The van der Waals surface area contributed by atoms with E-state index in [1.54, 1.807) is 47.1 Å². The number of pyridine rings is 1. The number of piperazine rings is 1. The molecule has 3 aromatic carbocycles. The fourth-order valence-corrected chi connectivity index (χ4v) is 7.22. The number of alkyl halides is 3. The van der Waals surface area contributed by atoms with Gasteiger partial charge < -0.3 is 18.9 Å². The number of fused-ring (bicyclic) bond motifs is 1. The monoisotopic (exact) mass is 759 g/mol. The SMILES string of the molecule is Cn1ccc(-c2ccc(S(=O)(=O)Nc3ccc(Oc4ccc5cc(C(=O)N6CCN(Cc7ccc(OCC(F)(F)F)cc7)CC6)n(C)c5c4)nc3)cc2)n1. The lowest BCUT2D eigenvalue weighted by molar-refractivity contribution is -0.153. The number of nitrogens with one attached hydrogen (secondary N) is 1. The molecule has 1 saturated heterocycles. The summed E-state index contributed by atoms with van der Waals surface area (Å²) in [6.07, 6.45) is -1.20. The predicted octanol–water partition coefficient (Wildman–Crippen LogP) is 6.47. The van der Waals surface area contributed by atoms with Crippen molar-refractivity contribution in [1.29, 1.82) is 0 Å². The molecular weight excluding hydrogens is 724 g/mol. The van der Waals surface area contributed by atoms with E-state index in [0.717, 1.165) is 27.7 Å². The summed E-state index contributed by atoms with van der Waals surface area (Å²) < 4.78 is 80.1. The van der Waals surface area contributed by atoms with Gasteiger partial charge in [0, 0.05) is 76.1 Å². The Balaban J connectivity index is 0.933. The predicted molar refractivity (Wildman–Crippen MR) is 196 cm³/mol. The Morgan fingerprint density at radius 2 is 1.59 bits per heavy atom. The molecule has 1 amide bonds. The van der Waals surface area contributed by atoms with Gasteiger partial charge in [0.05, 0.1) is 28.0 Å². The zero-order valence-electron chi connectivity index (χ0n) is 29.3. The summed E-state index contributed by atoms with van der Waals surface area (Å²) in [6.45, 7) is 1.62. The number of aryl methyl sites for hydroxylation is 2. The number of rotatable bonds is 11. The van der Waals surface area contributed by atoms with Gasteiger partial charge in [-0.3, -0.25) is 19.1 Å². The molecule has 3 aromatic heterocycles. The molecule has 0 unspecified atom stereocenters. The lowest BCUT2D eigenvalue weighted by Crippen LogP contribution is -2.48. The third-order valence-corrected chi connectivity index (χ3v) is 10.4. The zero-order chi connectivity index (χ0) is 38.0. The summed E-state index contributed by atoms with van der Waals surface area (Å²) >= 11 is 0. The number of hydrogen-bond donors (Lipinski definition) is 1. The fraction of sp³-hybridized carbons (Fsp3) is 0.237. The normalized spacial score (nSPS) is 14.0. The average molecular weight is 760 g/mol. The number of aromatic nitrogens is 4. The summed E-state index contributed by atoms with van der Waals surface area (Å²) in [6, 6.07) is 25.3. The maximum Gasteiger partial charge on any atom is 0.422 e. The molecule has 0 bridgehead atoms. The molecule has 1 aliphatic heterocycles. The number of sulfonamides is 1. The number of amides is 1. The van der Waals surface area contributed by atoms with Gasteiger partial charge in [0.15, 0.2) is 6.61 Å². The number of benzene rings is 3. The third-order valence-electron chi connectivity index (χ3n) is 9.01. The highest BCUT2D eigenvalue weighted by atomic mass is 32.2. The van der Waals surface area contributed by atoms with Crippen LogP contribution in [0.25, 0.3) is 22.2 Å². The van der Waals surface area contributed by atoms with Crippen LogP contribution in [0.4, 0.5) is 18.9 Å². The highest BCUT2D eigenvalue weighted by Gasteiger charge is 2.28. The van der Waals surface area contributed by atoms with E-state index in [2.05, 4.69) is 19.7 Å². The van der Waals surface area contributed by atoms with Crippen LogP contribution in [0.5, 0.6) is 17.4 Å². The van der Waals surface area contributed by atoms with Gasteiger partial charge in [0.2, 0.25) is 5.88 Å². The third kappa shape index (κ3) is 8.50. The van der Waals surface area contributed by atoms with Crippen molar-refractivity contribution in [3.05, 3.63) is 115 Å². The van der Waals surface area contributed by atoms with Gasteiger partial charge in [-0.15, -0.1) is 0 Å². The second kappa shape index (κ2) is 14.9. The van der Waals surface area contributed by atoms with Crippen LogP contribution in [-0.4, -0.2) is 82.4 Å². The van der Waals surface area contributed by atoms with Crippen molar-refractivity contribution in [1.82, 2.24) is 29.1 Å². The molecule has 54 heavy (non-hydrogen) atoms. The van der Waals surface area contributed by atoms with Crippen molar-refractivity contribution in [2.24, 2.45) is 14.1 Å². The standard InChI is InChI=1S/C38H36F3N7O5S/c1-45-16-15-33(43-45)27-6-12-32(13-7-27)54(50,51)44-29-8-14-36(42-23-29)53-31-11-5-28-21-35(46(2)34(28)22-31)37(49)48-19-17-47(18-20-48)24-26-3-9-30(10-4-26)52-25-38(39,40)41/h3-16,21-23,44H,17-20,24-25H2,1-2H3. The van der Waals surface area contributed by atoms with E-state index in [1.165, 1.54) is 30.5 Å². The van der Waals surface area contributed by atoms with Gasteiger partial charge in [-0.1, -0.05) is 24.3 Å². The molecule has 0 saturated carbocycles. The van der Waals surface area contributed by atoms with Gasteiger partial charge in [0.25, 0.3) is 15.9 Å². The number of halogens is 3. The molecule has 0 spiro atoms. The van der Waals surface area contributed by atoms with E-state index in [0.29, 0.717) is 44.2 Å². The summed E-state index contributed by atoms with van der Waals surface area (Å²) in [5.74, 6) is 0.816. The molecule has 12 nitrogen and oxygen atoms in total. The lowest BCUT2D eigenvalue weighted by Gasteiger charge is -2.34. The number of anilines is 1. The number of carbonyl (C=O) groups excluding carboxylic acids is 1. The van der Waals surface area contributed by atoms with Gasteiger partial charge in [0.1, 0.15) is 17.2 Å². The topological polar surface area (TPSA) is 124 Å². The van der Waals surface area contributed by atoms with Crippen molar-refractivity contribution in [2.75, 3.05) is 37.5 Å². The highest BCUT2D eigenvalue weighted by molar-refractivity contribution is 7.92. The Bertz CT molecular complexity index is 2370. The minimum atomic E-state index is -4.39. The molecule has 0 aliphatic carbocycles. The Hall–Kier alpha value is -5.87. The smallest absolute Gasteiger partial charge is 0.422 e. The first-order valence-electron chi connectivity index (χ1n) is 17.0. The second-order valence-corrected chi connectivity index (χ2v) is 14.6. The minimum absolute atomic E-state index is 0.0918. The molecular formula is C38H36F3N7O5S. The summed E-state index contributed by atoms with van der Waals surface area (Å²) in [5.41, 5.74) is 4.07. The van der Waals surface area contributed by atoms with E-state index in [1.807, 2.05) is 54.0 Å². The van der Waals surface area contributed by atoms with E-state index >= 15 is 0 Å². The Morgan fingerprint density at radius 1 is 0.870 bits per heavy atom. The van der Waals surface area contributed by atoms with Crippen molar-refractivity contribution >= 4 is 32.5 Å². The van der Waals surface area contributed by atoms with Crippen LogP contribution >= 0.6 is 0 Å². The van der Waals surface area contributed by atoms with Crippen LogP contribution in [0, 0.1) is 0 Å².